The highest BCUT2D eigenvalue weighted by Gasteiger charge is 2.39. The fourth-order valence-electron chi connectivity index (χ4n) is 3.13. The van der Waals surface area contributed by atoms with Crippen LogP contribution in [0.5, 0.6) is 0 Å². The molecule has 1 aromatic heterocycles. The van der Waals surface area contributed by atoms with E-state index in [2.05, 4.69) is 48.8 Å². The van der Waals surface area contributed by atoms with Crippen LogP contribution in [-0.4, -0.2) is 18.8 Å². The quantitative estimate of drug-likeness (QED) is 0.906. The molecule has 102 valence electrons. The lowest BCUT2D eigenvalue weighted by Crippen LogP contribution is -2.41. The molecule has 2 nitrogen and oxygen atoms in total. The van der Waals surface area contributed by atoms with Crippen LogP contribution in [0.1, 0.15) is 38.3 Å². The molecule has 2 unspecified atom stereocenters. The zero-order chi connectivity index (χ0) is 13.3. The molecule has 1 aliphatic rings. The molecule has 1 aromatic carbocycles. The molecule has 1 N–H and O–H groups in total. The summed E-state index contributed by atoms with van der Waals surface area (Å²) in [7, 11) is 0. The molecule has 0 saturated carbocycles. The van der Waals surface area contributed by atoms with Crippen LogP contribution in [0.15, 0.2) is 29.6 Å². The topological polar surface area (TPSA) is 21.3 Å². The van der Waals surface area contributed by atoms with Crippen LogP contribution in [0.3, 0.4) is 0 Å². The Hall–Kier alpha value is -0.900. The van der Waals surface area contributed by atoms with Crippen LogP contribution in [0, 0.1) is 0 Å². The molecule has 19 heavy (non-hydrogen) atoms. The number of ether oxygens (including phenoxy) is 1. The smallest absolute Gasteiger partial charge is 0.0849 e. The monoisotopic (exact) mass is 275 g/mol. The second-order valence-corrected chi connectivity index (χ2v) is 6.36. The lowest BCUT2D eigenvalue weighted by Gasteiger charge is -2.34. The van der Waals surface area contributed by atoms with E-state index >= 15 is 0 Å². The predicted molar refractivity (Wildman–Crippen MR) is 81.8 cm³/mol. The first-order chi connectivity index (χ1) is 9.24. The fraction of sp³-hybridized carbons (Fsp3) is 0.500. The molecule has 0 radical (unpaired) electrons. The van der Waals surface area contributed by atoms with Gasteiger partial charge in [0.2, 0.25) is 0 Å². The van der Waals surface area contributed by atoms with Crippen LogP contribution in [0.2, 0.25) is 0 Å². The standard InChI is InChI=1S/C16H21NOS/c1-3-17-15(16(2)9-5-10-18-16)13-7-4-6-12-8-11-19-14(12)13/h4,6-8,11,15,17H,3,5,9-10H2,1-2H3. The van der Waals surface area contributed by atoms with E-state index in [4.69, 9.17) is 4.74 Å². The first kappa shape index (κ1) is 13.1. The second kappa shape index (κ2) is 5.23. The summed E-state index contributed by atoms with van der Waals surface area (Å²) >= 11 is 1.83. The molecule has 2 aromatic rings. The Morgan fingerprint density at radius 1 is 1.42 bits per heavy atom. The molecular formula is C16H21NOS. The zero-order valence-electron chi connectivity index (χ0n) is 11.6. The van der Waals surface area contributed by atoms with Crippen LogP contribution < -0.4 is 5.32 Å². The van der Waals surface area contributed by atoms with E-state index in [1.807, 2.05) is 11.3 Å². The van der Waals surface area contributed by atoms with Crippen molar-refractivity contribution >= 4 is 21.4 Å². The van der Waals surface area contributed by atoms with Crippen molar-refractivity contribution in [3.63, 3.8) is 0 Å². The number of hydrogen-bond donors (Lipinski definition) is 1. The molecule has 3 rings (SSSR count). The lowest BCUT2D eigenvalue weighted by molar-refractivity contribution is -0.0116. The molecular weight excluding hydrogens is 254 g/mol. The zero-order valence-corrected chi connectivity index (χ0v) is 12.4. The van der Waals surface area contributed by atoms with Gasteiger partial charge in [-0.3, -0.25) is 0 Å². The van der Waals surface area contributed by atoms with Gasteiger partial charge >= 0.3 is 0 Å². The van der Waals surface area contributed by atoms with E-state index in [-0.39, 0.29) is 11.6 Å². The van der Waals surface area contributed by atoms with E-state index in [0.29, 0.717) is 0 Å². The van der Waals surface area contributed by atoms with E-state index in [1.165, 1.54) is 22.1 Å². The maximum absolute atomic E-state index is 6.08. The molecule has 2 atom stereocenters. The van der Waals surface area contributed by atoms with Crippen molar-refractivity contribution in [1.82, 2.24) is 5.32 Å². The molecule has 1 fully saturated rings. The third kappa shape index (κ3) is 2.31. The average Bonchev–Trinajstić information content (AvgIpc) is 3.04. The first-order valence-electron chi connectivity index (χ1n) is 7.08. The van der Waals surface area contributed by atoms with Gasteiger partial charge in [-0.15, -0.1) is 11.3 Å². The van der Waals surface area contributed by atoms with E-state index in [0.717, 1.165) is 19.6 Å². The van der Waals surface area contributed by atoms with Crippen molar-refractivity contribution in [2.24, 2.45) is 0 Å². The van der Waals surface area contributed by atoms with Crippen molar-refractivity contribution in [1.29, 1.82) is 0 Å². The average molecular weight is 275 g/mol. The Bertz CT molecular complexity index is 557. The molecule has 0 bridgehead atoms. The molecule has 3 heteroatoms. The number of rotatable bonds is 4. The maximum Gasteiger partial charge on any atom is 0.0849 e. The highest BCUT2D eigenvalue weighted by molar-refractivity contribution is 7.17. The van der Waals surface area contributed by atoms with Crippen LogP contribution in [0.4, 0.5) is 0 Å². The number of thiophene rings is 1. The largest absolute Gasteiger partial charge is 0.373 e. The molecule has 1 saturated heterocycles. The van der Waals surface area contributed by atoms with E-state index in [1.54, 1.807) is 0 Å². The number of likely N-dealkylation sites (N-methyl/N-ethyl adjacent to an activating group) is 1. The van der Waals surface area contributed by atoms with E-state index < -0.39 is 0 Å². The van der Waals surface area contributed by atoms with E-state index in [9.17, 15) is 0 Å². The van der Waals surface area contributed by atoms with Gasteiger partial charge in [0.15, 0.2) is 0 Å². The second-order valence-electron chi connectivity index (χ2n) is 5.44. The van der Waals surface area contributed by atoms with Gasteiger partial charge in [0.25, 0.3) is 0 Å². The van der Waals surface area contributed by atoms with Crippen LogP contribution in [-0.2, 0) is 4.74 Å². The van der Waals surface area contributed by atoms with Gasteiger partial charge in [-0.1, -0.05) is 25.1 Å². The van der Waals surface area contributed by atoms with Crippen molar-refractivity contribution in [3.8, 4) is 0 Å². The summed E-state index contributed by atoms with van der Waals surface area (Å²) in [6.45, 7) is 6.27. The van der Waals surface area contributed by atoms with Crippen LogP contribution in [0.25, 0.3) is 10.1 Å². The van der Waals surface area contributed by atoms with Gasteiger partial charge < -0.3 is 10.1 Å². The summed E-state index contributed by atoms with van der Waals surface area (Å²) in [6.07, 6.45) is 2.30. The normalized spacial score (nSPS) is 24.9. The van der Waals surface area contributed by atoms with Gasteiger partial charge in [0.1, 0.15) is 0 Å². The lowest BCUT2D eigenvalue weighted by atomic mass is 9.87. The summed E-state index contributed by atoms with van der Waals surface area (Å²) in [5, 5.41) is 7.16. The van der Waals surface area contributed by atoms with Gasteiger partial charge in [0.05, 0.1) is 11.6 Å². The van der Waals surface area contributed by atoms with Crippen LogP contribution >= 0.6 is 11.3 Å². The number of nitrogens with one attached hydrogen (secondary N) is 1. The Labute approximate surface area is 118 Å². The summed E-state index contributed by atoms with van der Waals surface area (Å²) in [4.78, 5) is 0. The third-order valence-corrected chi connectivity index (χ3v) is 5.07. The number of hydrogen-bond acceptors (Lipinski definition) is 3. The fourth-order valence-corrected chi connectivity index (χ4v) is 4.08. The molecule has 2 heterocycles. The predicted octanol–water partition coefficient (Wildman–Crippen LogP) is 4.12. The third-order valence-electron chi connectivity index (χ3n) is 4.09. The highest BCUT2D eigenvalue weighted by atomic mass is 32.1. The summed E-state index contributed by atoms with van der Waals surface area (Å²) < 4.78 is 7.47. The molecule has 0 spiro atoms. The van der Waals surface area contributed by atoms with Crippen molar-refractivity contribution in [2.45, 2.75) is 38.3 Å². The summed E-state index contributed by atoms with van der Waals surface area (Å²) in [5.74, 6) is 0. The Morgan fingerprint density at radius 2 is 2.32 bits per heavy atom. The van der Waals surface area contributed by atoms with Gasteiger partial charge in [-0.2, -0.15) is 0 Å². The molecule has 0 amide bonds. The summed E-state index contributed by atoms with van der Waals surface area (Å²) in [5.41, 5.74) is 1.31. The van der Waals surface area contributed by atoms with Gasteiger partial charge in [-0.05, 0) is 48.7 Å². The van der Waals surface area contributed by atoms with Gasteiger partial charge in [-0.25, -0.2) is 0 Å². The first-order valence-corrected chi connectivity index (χ1v) is 7.96. The van der Waals surface area contributed by atoms with Crippen molar-refractivity contribution in [2.75, 3.05) is 13.2 Å². The SMILES string of the molecule is CCNC(c1cccc2ccsc12)C1(C)CCCO1. The minimum absolute atomic E-state index is 0.0751. The highest BCUT2D eigenvalue weighted by Crippen LogP contribution is 2.40. The maximum atomic E-state index is 6.08. The number of fused-ring (bicyclic) bond motifs is 1. The Balaban J connectivity index is 2.06. The summed E-state index contributed by atoms with van der Waals surface area (Å²) in [6, 6.07) is 9.08. The number of benzene rings is 1. The van der Waals surface area contributed by atoms with Crippen molar-refractivity contribution < 1.29 is 4.74 Å². The Kier molecular flexibility index (Phi) is 3.61. The Morgan fingerprint density at radius 3 is 3.05 bits per heavy atom. The molecule has 0 aliphatic carbocycles. The molecule has 1 aliphatic heterocycles. The minimum Gasteiger partial charge on any atom is -0.373 e. The minimum atomic E-state index is -0.0751. The van der Waals surface area contributed by atoms with Crippen molar-refractivity contribution in [3.05, 3.63) is 35.2 Å². The van der Waals surface area contributed by atoms with Gasteiger partial charge in [0, 0.05) is 11.3 Å².